The highest BCUT2D eigenvalue weighted by atomic mass is 16.6. The van der Waals surface area contributed by atoms with Gasteiger partial charge in [-0.1, -0.05) is 41.0 Å². The second kappa shape index (κ2) is 20.3. The van der Waals surface area contributed by atoms with E-state index in [2.05, 4.69) is 35.3 Å². The Bertz CT molecular complexity index is 1600. The fourth-order valence-electron chi connectivity index (χ4n) is 8.06. The number of hydrogen-bond acceptors (Lipinski definition) is 15. The van der Waals surface area contributed by atoms with E-state index in [0.717, 1.165) is 36.7 Å². The Morgan fingerprint density at radius 1 is 0.900 bits per heavy atom. The number of hydroxylamine groups is 4. The zero-order valence-corrected chi connectivity index (χ0v) is 36.0. The number of nitrogens with one attached hydrogen (secondary N) is 4. The van der Waals surface area contributed by atoms with Crippen LogP contribution in [-0.2, 0) is 43.0 Å². The molecule has 0 unspecified atom stereocenters. The van der Waals surface area contributed by atoms with Gasteiger partial charge >= 0.3 is 5.97 Å². The van der Waals surface area contributed by atoms with Crippen LogP contribution in [0.2, 0.25) is 0 Å². The third-order valence-electron chi connectivity index (χ3n) is 12.1. The fraction of sp³-hybridized carbons (Fsp3) is 0.821. The minimum absolute atomic E-state index is 0.0312. The Kier molecular flexibility index (Phi) is 16.4. The lowest BCUT2D eigenvalue weighted by molar-refractivity contribution is -0.328. The smallest absolute Gasteiger partial charge is 0.331 e. The molecule has 21 heteroatoms. The number of hydrogen-bond donors (Lipinski definition) is 8. The van der Waals surface area contributed by atoms with Gasteiger partial charge in [-0.2, -0.15) is 0 Å². The number of cyclic esters (lactones) is 1. The lowest BCUT2D eigenvalue weighted by Gasteiger charge is -2.48. The quantitative estimate of drug-likeness (QED) is 0.112. The van der Waals surface area contributed by atoms with Gasteiger partial charge in [-0.05, 0) is 83.5 Å². The summed E-state index contributed by atoms with van der Waals surface area (Å²) in [6.45, 7) is 12.2. The molecule has 60 heavy (non-hydrogen) atoms. The summed E-state index contributed by atoms with van der Waals surface area (Å²) in [4.78, 5) is 97.0. The minimum atomic E-state index is -2.70. The summed E-state index contributed by atoms with van der Waals surface area (Å²) in [5, 5.41) is 52.7. The summed E-state index contributed by atoms with van der Waals surface area (Å²) < 4.78 is 11.9. The van der Waals surface area contributed by atoms with Crippen molar-refractivity contribution in [1.29, 1.82) is 0 Å². The lowest BCUT2D eigenvalue weighted by atomic mass is 9.79. The SMILES string of the molecule is CC[C@H]1O[C@@](O)([C@@](C)(O)C(=O)N[C@@H]2C(=O)N3NCCC[C@H]3C(=O)N(O)[C@H](C)C(=O)NCC(=O)N3NCCC[C@@H]3C(=O)N(O)[C@H](C)C(=O)O[C@H]2C(C)C)CC[C@H]1CCC(C)C. The molecule has 8 N–H and O–H groups in total. The van der Waals surface area contributed by atoms with Gasteiger partial charge in [0, 0.05) is 19.5 Å². The molecule has 21 nitrogen and oxygen atoms in total. The van der Waals surface area contributed by atoms with Crippen LogP contribution in [0, 0.1) is 17.8 Å². The summed E-state index contributed by atoms with van der Waals surface area (Å²) in [5.74, 6) is -10.3. The van der Waals surface area contributed by atoms with E-state index in [4.69, 9.17) is 9.47 Å². The number of hydrazine groups is 2. The molecule has 0 saturated carbocycles. The van der Waals surface area contributed by atoms with Gasteiger partial charge in [0.2, 0.25) is 11.7 Å². The van der Waals surface area contributed by atoms with Crippen molar-refractivity contribution in [2.24, 2.45) is 17.8 Å². The van der Waals surface area contributed by atoms with Crippen molar-refractivity contribution >= 4 is 41.4 Å². The van der Waals surface area contributed by atoms with Crippen molar-refractivity contribution in [3.8, 4) is 0 Å². The van der Waals surface area contributed by atoms with Crippen molar-refractivity contribution in [2.45, 2.75) is 167 Å². The minimum Gasteiger partial charge on any atom is -0.458 e. The van der Waals surface area contributed by atoms with Crippen LogP contribution in [0.25, 0.3) is 0 Å². The summed E-state index contributed by atoms with van der Waals surface area (Å²) in [5.41, 5.74) is 2.86. The molecule has 4 heterocycles. The number of ether oxygens (including phenoxy) is 2. The van der Waals surface area contributed by atoms with Crippen LogP contribution in [-0.4, -0.2) is 156 Å². The highest BCUT2D eigenvalue weighted by molar-refractivity contribution is 5.97. The Balaban J connectivity index is 1.76. The summed E-state index contributed by atoms with van der Waals surface area (Å²) in [6, 6.07) is -8.05. The molecule has 0 radical (unpaired) electrons. The molecule has 340 valence electrons. The number of carbonyl (C=O) groups excluding carboxylic acids is 7. The molecule has 0 aromatic carbocycles. The number of amides is 6. The predicted molar refractivity (Wildman–Crippen MR) is 209 cm³/mol. The highest BCUT2D eigenvalue weighted by Gasteiger charge is 2.57. The Morgan fingerprint density at radius 2 is 1.47 bits per heavy atom. The van der Waals surface area contributed by atoms with Gasteiger partial charge in [0.15, 0.2) is 11.6 Å². The number of aliphatic hydroxyl groups is 2. The van der Waals surface area contributed by atoms with Crippen LogP contribution in [0.1, 0.15) is 113 Å². The second-order valence-corrected chi connectivity index (χ2v) is 17.3. The molecule has 0 aromatic rings. The normalized spacial score (nSPS) is 33.3. The maximum Gasteiger partial charge on any atom is 0.331 e. The fourth-order valence-corrected chi connectivity index (χ4v) is 8.06. The van der Waals surface area contributed by atoms with Gasteiger partial charge in [0.25, 0.3) is 29.5 Å². The van der Waals surface area contributed by atoms with Gasteiger partial charge in [-0.15, -0.1) is 0 Å². The largest absolute Gasteiger partial charge is 0.458 e. The summed E-state index contributed by atoms with van der Waals surface area (Å²) in [6.07, 6.45) is 1.09. The molecular weight excluding hydrogens is 788 g/mol. The topological polar surface area (TPSA) is 280 Å². The molecule has 6 amide bonds. The summed E-state index contributed by atoms with van der Waals surface area (Å²) in [7, 11) is 0. The molecule has 4 fully saturated rings. The number of fused-ring (bicyclic) bond motifs is 2. The van der Waals surface area contributed by atoms with E-state index in [1.165, 1.54) is 6.92 Å². The van der Waals surface area contributed by atoms with E-state index >= 15 is 0 Å². The Morgan fingerprint density at radius 3 is 2.03 bits per heavy atom. The van der Waals surface area contributed by atoms with Crippen molar-refractivity contribution in [3.63, 3.8) is 0 Å². The maximum atomic E-state index is 14.8. The molecule has 4 saturated heterocycles. The predicted octanol–water partition coefficient (Wildman–Crippen LogP) is -0.546. The number of esters is 1. The molecule has 10 atom stereocenters. The van der Waals surface area contributed by atoms with E-state index < -0.39 is 108 Å². The zero-order chi connectivity index (χ0) is 44.9. The summed E-state index contributed by atoms with van der Waals surface area (Å²) >= 11 is 0. The van der Waals surface area contributed by atoms with E-state index in [1.54, 1.807) is 13.8 Å². The van der Waals surface area contributed by atoms with Gasteiger partial charge in [0.1, 0.15) is 30.3 Å². The first kappa shape index (κ1) is 48.7. The average molecular weight is 855 g/mol. The van der Waals surface area contributed by atoms with Crippen LogP contribution in [0.15, 0.2) is 0 Å². The molecule has 0 aliphatic carbocycles. The van der Waals surface area contributed by atoms with Crippen molar-refractivity contribution in [2.75, 3.05) is 19.6 Å². The Hall–Kier alpha value is -3.99. The van der Waals surface area contributed by atoms with Gasteiger partial charge in [0.05, 0.1) is 12.6 Å². The number of carbonyl (C=O) groups is 7. The average Bonchev–Trinajstić information content (AvgIpc) is 3.23. The monoisotopic (exact) mass is 854 g/mol. The zero-order valence-electron chi connectivity index (χ0n) is 36.0. The van der Waals surface area contributed by atoms with Crippen molar-refractivity contribution in [3.05, 3.63) is 0 Å². The van der Waals surface area contributed by atoms with E-state index in [1.807, 2.05) is 6.92 Å². The molecule has 4 aliphatic heterocycles. The number of rotatable bonds is 8. The number of nitrogens with zero attached hydrogens (tertiary/aromatic N) is 4. The van der Waals surface area contributed by atoms with Gasteiger partial charge in [-0.3, -0.25) is 49.2 Å². The first-order valence-corrected chi connectivity index (χ1v) is 21.2. The molecule has 0 aromatic heterocycles. The third-order valence-corrected chi connectivity index (χ3v) is 12.1. The van der Waals surface area contributed by atoms with Crippen LogP contribution in [0.4, 0.5) is 0 Å². The molecule has 4 aliphatic rings. The van der Waals surface area contributed by atoms with Crippen LogP contribution >= 0.6 is 0 Å². The van der Waals surface area contributed by atoms with Crippen molar-refractivity contribution in [1.82, 2.24) is 41.6 Å². The van der Waals surface area contributed by atoms with Crippen LogP contribution < -0.4 is 21.5 Å². The van der Waals surface area contributed by atoms with Gasteiger partial charge in [-0.25, -0.2) is 25.8 Å². The van der Waals surface area contributed by atoms with Crippen LogP contribution in [0.3, 0.4) is 0 Å². The first-order valence-electron chi connectivity index (χ1n) is 21.2. The molecule has 0 bridgehead atoms. The molecule has 4 rings (SSSR count). The Labute approximate surface area is 350 Å². The first-order chi connectivity index (χ1) is 28.1. The maximum absolute atomic E-state index is 14.8. The van der Waals surface area contributed by atoms with E-state index in [0.29, 0.717) is 31.6 Å². The highest BCUT2D eigenvalue weighted by Crippen LogP contribution is 2.41. The molecule has 0 spiro atoms. The molecular formula is C39H66N8O13. The van der Waals surface area contributed by atoms with Gasteiger partial charge < -0.3 is 30.3 Å². The second-order valence-electron chi connectivity index (χ2n) is 17.3. The standard InChI is InChI=1S/C39H66N8O13/c1-9-28-25(15-14-21(2)3)16-17-39(56,60-28)38(8,55)37(54)43-30-31(22(4)5)59-36(53)24(7)47(58)33(50)26-12-10-18-41-44(26)29(48)20-40-32(49)23(6)46(57)34(51)27-13-11-19-42-45(27)35(30)52/h21-28,30-31,41-42,55-58H,9-20H2,1-8H3,(H,40,49)(H,43,54)/t23-,24-,25-,26-,27+,28-,30+,31+,38+,39-/m1/s1. The third kappa shape index (κ3) is 10.5. The van der Waals surface area contributed by atoms with E-state index in [-0.39, 0.29) is 48.4 Å². The van der Waals surface area contributed by atoms with Crippen molar-refractivity contribution < 1.29 is 63.7 Å². The lowest BCUT2D eigenvalue weighted by Crippen LogP contribution is -2.70. The van der Waals surface area contributed by atoms with Crippen LogP contribution in [0.5, 0.6) is 0 Å². The van der Waals surface area contributed by atoms with E-state index in [9.17, 15) is 54.2 Å².